The van der Waals surface area contributed by atoms with Gasteiger partial charge in [-0.15, -0.1) is 0 Å². The molecule has 0 spiro atoms. The molecule has 1 aliphatic heterocycles. The largest absolute Gasteiger partial charge is 0.489 e. The molecule has 0 aliphatic carbocycles. The number of esters is 1. The van der Waals surface area contributed by atoms with Crippen LogP contribution in [0.25, 0.3) is 0 Å². The zero-order valence-electron chi connectivity index (χ0n) is 22.4. The van der Waals surface area contributed by atoms with Crippen LogP contribution in [0.4, 0.5) is 4.79 Å². The molecule has 1 heterocycles. The first-order valence-electron chi connectivity index (χ1n) is 12.9. The Kier molecular flexibility index (Phi) is 8.56. The van der Waals surface area contributed by atoms with Crippen molar-refractivity contribution in [2.45, 2.75) is 59.0 Å². The summed E-state index contributed by atoms with van der Waals surface area (Å²) in [6.07, 6.45) is -0.559. The van der Waals surface area contributed by atoms with E-state index in [1.807, 2.05) is 93.6 Å². The molecule has 4 rings (SSSR count). The van der Waals surface area contributed by atoms with Gasteiger partial charge in [0.25, 0.3) is 0 Å². The van der Waals surface area contributed by atoms with Crippen LogP contribution < -0.4 is 9.47 Å². The van der Waals surface area contributed by atoms with Crippen LogP contribution in [0.1, 0.15) is 56.1 Å². The van der Waals surface area contributed by atoms with Crippen molar-refractivity contribution in [3.8, 4) is 11.5 Å². The summed E-state index contributed by atoms with van der Waals surface area (Å²) in [4.78, 5) is 27.1. The van der Waals surface area contributed by atoms with Crippen molar-refractivity contribution >= 4 is 12.1 Å². The third-order valence-corrected chi connectivity index (χ3v) is 6.03. The first kappa shape index (κ1) is 27.0. The van der Waals surface area contributed by atoms with Gasteiger partial charge in [0.15, 0.2) is 0 Å². The molecule has 200 valence electrons. The molecule has 0 fully saturated rings. The molecule has 0 radical (unpaired) electrons. The Morgan fingerprint density at radius 1 is 0.921 bits per heavy atom. The van der Waals surface area contributed by atoms with Gasteiger partial charge in [0, 0.05) is 18.7 Å². The highest BCUT2D eigenvalue weighted by molar-refractivity contribution is 5.77. The third-order valence-electron chi connectivity index (χ3n) is 6.03. The van der Waals surface area contributed by atoms with E-state index in [1.165, 1.54) is 0 Å². The lowest BCUT2D eigenvalue weighted by Crippen LogP contribution is -2.39. The van der Waals surface area contributed by atoms with Crippen molar-refractivity contribution < 1.29 is 28.5 Å². The maximum atomic E-state index is 12.9. The molecule has 1 unspecified atom stereocenters. The number of nitrogens with zero attached hydrogens (tertiary/aromatic N) is 1. The van der Waals surface area contributed by atoms with E-state index in [1.54, 1.807) is 11.8 Å². The number of ether oxygens (including phenoxy) is 4. The molecule has 0 saturated carbocycles. The third kappa shape index (κ3) is 7.28. The fourth-order valence-electron chi connectivity index (χ4n) is 4.18. The highest BCUT2D eigenvalue weighted by atomic mass is 16.6. The molecule has 1 aliphatic rings. The quantitative estimate of drug-likeness (QED) is 0.329. The van der Waals surface area contributed by atoms with Gasteiger partial charge in [-0.2, -0.15) is 0 Å². The highest BCUT2D eigenvalue weighted by Gasteiger charge is 2.28. The van der Waals surface area contributed by atoms with Crippen LogP contribution in [0.2, 0.25) is 0 Å². The number of carbonyl (C=O) groups is 2. The van der Waals surface area contributed by atoms with Gasteiger partial charge < -0.3 is 23.8 Å². The maximum absolute atomic E-state index is 12.9. The summed E-state index contributed by atoms with van der Waals surface area (Å²) in [7, 11) is 0. The summed E-state index contributed by atoms with van der Waals surface area (Å²) in [5.41, 5.74) is 3.28. The van der Waals surface area contributed by atoms with E-state index >= 15 is 0 Å². The van der Waals surface area contributed by atoms with Gasteiger partial charge >= 0.3 is 12.1 Å². The van der Waals surface area contributed by atoms with E-state index in [2.05, 4.69) is 0 Å². The first-order valence-corrected chi connectivity index (χ1v) is 12.9. The molecule has 0 aromatic heterocycles. The van der Waals surface area contributed by atoms with Crippen LogP contribution in [0.5, 0.6) is 11.5 Å². The molecule has 1 atom stereocenters. The van der Waals surface area contributed by atoms with Gasteiger partial charge in [-0.3, -0.25) is 0 Å². The molecule has 1 amide bonds. The Bertz CT molecular complexity index is 1230. The van der Waals surface area contributed by atoms with Crippen LogP contribution in [-0.4, -0.2) is 35.7 Å². The topological polar surface area (TPSA) is 74.3 Å². The van der Waals surface area contributed by atoms with Crippen LogP contribution in [-0.2, 0) is 33.8 Å². The number of fused-ring (bicyclic) bond motifs is 1. The molecule has 0 bridgehead atoms. The molecule has 3 aromatic rings. The van der Waals surface area contributed by atoms with Gasteiger partial charge in [0.05, 0.1) is 6.61 Å². The van der Waals surface area contributed by atoms with Crippen LogP contribution in [0.3, 0.4) is 0 Å². The monoisotopic (exact) mass is 517 g/mol. The maximum Gasteiger partial charge on any atom is 0.410 e. The SMILES string of the molecule is CCOC(=O)C(Oc1ccc2c(c1)CN(C(=O)OC(C)(C)C)CC2)c1ccc(OCc2ccccc2)cc1. The summed E-state index contributed by atoms with van der Waals surface area (Å²) >= 11 is 0. The van der Waals surface area contributed by atoms with Crippen molar-refractivity contribution in [1.29, 1.82) is 0 Å². The summed E-state index contributed by atoms with van der Waals surface area (Å²) in [5, 5.41) is 0. The summed E-state index contributed by atoms with van der Waals surface area (Å²) in [5.74, 6) is 0.743. The average molecular weight is 518 g/mol. The minimum atomic E-state index is -0.943. The zero-order valence-corrected chi connectivity index (χ0v) is 22.4. The summed E-state index contributed by atoms with van der Waals surface area (Å²) in [6, 6.07) is 22.9. The average Bonchev–Trinajstić information content (AvgIpc) is 2.90. The Balaban J connectivity index is 1.47. The lowest BCUT2D eigenvalue weighted by molar-refractivity contribution is -0.151. The molecule has 38 heavy (non-hydrogen) atoms. The van der Waals surface area contributed by atoms with Crippen LogP contribution in [0, 0.1) is 0 Å². The number of benzene rings is 3. The molecular formula is C31H35NO6. The van der Waals surface area contributed by atoms with Gasteiger partial charge in [0.1, 0.15) is 23.7 Å². The van der Waals surface area contributed by atoms with Crippen molar-refractivity contribution in [1.82, 2.24) is 4.90 Å². The normalized spacial score (nSPS) is 13.7. The molecule has 0 N–H and O–H groups in total. The van der Waals surface area contributed by atoms with Gasteiger partial charge in [-0.1, -0.05) is 48.5 Å². The number of rotatable bonds is 8. The van der Waals surface area contributed by atoms with E-state index in [4.69, 9.17) is 18.9 Å². The van der Waals surface area contributed by atoms with E-state index in [-0.39, 0.29) is 12.7 Å². The van der Waals surface area contributed by atoms with E-state index in [0.717, 1.165) is 23.1 Å². The minimum Gasteiger partial charge on any atom is -0.489 e. The fourth-order valence-corrected chi connectivity index (χ4v) is 4.18. The second kappa shape index (κ2) is 12.0. The number of amides is 1. The highest BCUT2D eigenvalue weighted by Crippen LogP contribution is 2.30. The van der Waals surface area contributed by atoms with E-state index in [9.17, 15) is 9.59 Å². The smallest absolute Gasteiger partial charge is 0.410 e. The number of hydrogen-bond acceptors (Lipinski definition) is 6. The zero-order chi connectivity index (χ0) is 27.1. The Hall–Kier alpha value is -4.00. The molecule has 7 nitrogen and oxygen atoms in total. The fraction of sp³-hybridized carbons (Fsp3) is 0.355. The second-order valence-corrected chi connectivity index (χ2v) is 10.2. The van der Waals surface area contributed by atoms with Crippen molar-refractivity contribution in [2.75, 3.05) is 13.2 Å². The first-order chi connectivity index (χ1) is 18.2. The Labute approximate surface area is 224 Å². The standard InChI is InChI=1S/C31H35NO6/c1-5-35-29(33)28(24-12-14-26(15-13-24)36-21-22-9-7-6-8-10-22)37-27-16-11-23-17-18-32(20-25(23)19-27)30(34)38-31(2,3)4/h6-16,19,28H,5,17-18,20-21H2,1-4H3. The van der Waals surface area contributed by atoms with Crippen LogP contribution in [0.15, 0.2) is 72.8 Å². The lowest BCUT2D eigenvalue weighted by atomic mass is 9.99. The van der Waals surface area contributed by atoms with Crippen molar-refractivity contribution in [3.05, 3.63) is 95.1 Å². The van der Waals surface area contributed by atoms with Gasteiger partial charge in [-0.05, 0) is 75.1 Å². The van der Waals surface area contributed by atoms with Crippen molar-refractivity contribution in [3.63, 3.8) is 0 Å². The van der Waals surface area contributed by atoms with Crippen molar-refractivity contribution in [2.24, 2.45) is 0 Å². The molecular weight excluding hydrogens is 482 g/mol. The van der Waals surface area contributed by atoms with Crippen LogP contribution >= 0.6 is 0 Å². The predicted molar refractivity (Wildman–Crippen MR) is 144 cm³/mol. The number of hydrogen-bond donors (Lipinski definition) is 0. The van der Waals surface area contributed by atoms with Gasteiger partial charge in [0.2, 0.25) is 6.10 Å². The Morgan fingerprint density at radius 2 is 1.63 bits per heavy atom. The van der Waals surface area contributed by atoms with E-state index < -0.39 is 17.7 Å². The lowest BCUT2D eigenvalue weighted by Gasteiger charge is -2.31. The predicted octanol–water partition coefficient (Wildman–Crippen LogP) is 6.24. The minimum absolute atomic E-state index is 0.242. The van der Waals surface area contributed by atoms with E-state index in [0.29, 0.717) is 36.8 Å². The number of carbonyl (C=O) groups excluding carboxylic acids is 2. The second-order valence-electron chi connectivity index (χ2n) is 10.2. The Morgan fingerprint density at radius 3 is 2.32 bits per heavy atom. The summed E-state index contributed by atoms with van der Waals surface area (Å²) in [6.45, 7) is 9.02. The molecule has 0 saturated heterocycles. The van der Waals surface area contributed by atoms with Gasteiger partial charge in [-0.25, -0.2) is 9.59 Å². The molecule has 7 heteroatoms. The molecule has 3 aromatic carbocycles. The summed E-state index contributed by atoms with van der Waals surface area (Å²) < 4.78 is 22.9.